The minimum absolute atomic E-state index is 0.0582. The second-order valence-electron chi connectivity index (χ2n) is 7.20. The molecule has 148 valence electrons. The summed E-state index contributed by atoms with van der Waals surface area (Å²) in [6.07, 6.45) is 5.11. The monoisotopic (exact) mass is 405 g/mol. The van der Waals surface area contributed by atoms with Crippen LogP contribution in [-0.2, 0) is 4.74 Å². The van der Waals surface area contributed by atoms with Crippen LogP contribution in [0.4, 0.5) is 11.4 Å². The first-order chi connectivity index (χ1) is 14.3. The molecule has 2 aliphatic heterocycles. The Kier molecular flexibility index (Phi) is 5.14. The van der Waals surface area contributed by atoms with Gasteiger partial charge in [0.05, 0.1) is 11.8 Å². The van der Waals surface area contributed by atoms with Gasteiger partial charge in [0.25, 0.3) is 0 Å². The van der Waals surface area contributed by atoms with Crippen molar-refractivity contribution in [2.75, 3.05) is 11.5 Å². The summed E-state index contributed by atoms with van der Waals surface area (Å²) in [5.41, 5.74) is 9.42. The van der Waals surface area contributed by atoms with E-state index in [1.807, 2.05) is 48.5 Å². The van der Waals surface area contributed by atoms with Crippen molar-refractivity contribution in [3.63, 3.8) is 0 Å². The number of anilines is 2. The van der Waals surface area contributed by atoms with Gasteiger partial charge in [0.15, 0.2) is 0 Å². The van der Waals surface area contributed by atoms with Gasteiger partial charge >= 0.3 is 0 Å². The number of aromatic nitrogens is 1. The van der Waals surface area contributed by atoms with Crippen LogP contribution in [0.2, 0.25) is 0 Å². The van der Waals surface area contributed by atoms with Gasteiger partial charge in [-0.2, -0.15) is 0 Å². The summed E-state index contributed by atoms with van der Waals surface area (Å²) in [7, 11) is 0. The average molecular weight is 406 g/mol. The lowest BCUT2D eigenvalue weighted by Gasteiger charge is -2.25. The number of para-hydroxylation sites is 1. The number of hydrogen-bond acceptors (Lipinski definition) is 6. The summed E-state index contributed by atoms with van der Waals surface area (Å²) < 4.78 is 12.1. The standard InChI is InChI=1S/C23H23N3O2S/c24-23-26(19-7-1-2-9-21(19)29-23)16-10-12-17(13-11-16)28-22-18(6-5-14-25-22)20-8-3-4-15-27-20/h1-2,5-7,9-14,20,23H,3-4,8,15,24H2. The molecule has 1 saturated heterocycles. The predicted octanol–water partition coefficient (Wildman–Crippen LogP) is 5.60. The topological polar surface area (TPSA) is 60.6 Å². The van der Waals surface area contributed by atoms with Crippen LogP contribution in [0.1, 0.15) is 30.9 Å². The highest BCUT2D eigenvalue weighted by molar-refractivity contribution is 8.00. The molecule has 29 heavy (non-hydrogen) atoms. The molecule has 2 atom stereocenters. The minimum atomic E-state index is -0.134. The molecular weight excluding hydrogens is 382 g/mol. The average Bonchev–Trinajstić information content (AvgIpc) is 3.11. The fourth-order valence-corrected chi connectivity index (χ4v) is 4.91. The first-order valence-corrected chi connectivity index (χ1v) is 10.8. The van der Waals surface area contributed by atoms with Gasteiger partial charge in [0, 0.05) is 29.0 Å². The van der Waals surface area contributed by atoms with E-state index in [4.69, 9.17) is 15.2 Å². The molecule has 5 nitrogen and oxygen atoms in total. The number of nitrogens with zero attached hydrogens (tertiary/aromatic N) is 2. The Morgan fingerprint density at radius 3 is 2.72 bits per heavy atom. The molecule has 5 rings (SSSR count). The Bertz CT molecular complexity index is 989. The van der Waals surface area contributed by atoms with Gasteiger partial charge in [-0.15, -0.1) is 0 Å². The summed E-state index contributed by atoms with van der Waals surface area (Å²) in [6, 6.07) is 20.3. The molecule has 2 aromatic carbocycles. The fraction of sp³-hybridized carbons (Fsp3) is 0.261. The van der Waals surface area contributed by atoms with Gasteiger partial charge in [-0.1, -0.05) is 23.9 Å². The number of pyridine rings is 1. The summed E-state index contributed by atoms with van der Waals surface area (Å²) in [5, 5.41) is 0. The van der Waals surface area contributed by atoms with Crippen LogP contribution in [0, 0.1) is 0 Å². The van der Waals surface area contributed by atoms with E-state index in [9.17, 15) is 0 Å². The Labute approximate surface area is 174 Å². The van der Waals surface area contributed by atoms with Gasteiger partial charge in [-0.25, -0.2) is 4.98 Å². The van der Waals surface area contributed by atoms with E-state index in [2.05, 4.69) is 22.0 Å². The summed E-state index contributed by atoms with van der Waals surface area (Å²) in [5.74, 6) is 1.36. The maximum Gasteiger partial charge on any atom is 0.225 e. The molecule has 3 aromatic rings. The molecule has 0 spiro atoms. The predicted molar refractivity (Wildman–Crippen MR) is 116 cm³/mol. The highest BCUT2D eigenvalue weighted by Crippen LogP contribution is 2.45. The van der Waals surface area contributed by atoms with Crippen molar-refractivity contribution in [2.24, 2.45) is 5.73 Å². The van der Waals surface area contributed by atoms with E-state index >= 15 is 0 Å². The lowest BCUT2D eigenvalue weighted by atomic mass is 10.0. The molecule has 0 amide bonds. The molecule has 2 unspecified atom stereocenters. The smallest absolute Gasteiger partial charge is 0.225 e. The molecule has 0 bridgehead atoms. The van der Waals surface area contributed by atoms with Crippen LogP contribution >= 0.6 is 11.8 Å². The van der Waals surface area contributed by atoms with Crippen LogP contribution < -0.4 is 15.4 Å². The summed E-state index contributed by atoms with van der Waals surface area (Å²) in [6.45, 7) is 0.795. The molecule has 2 aliphatic rings. The van der Waals surface area contributed by atoms with E-state index in [1.54, 1.807) is 18.0 Å². The van der Waals surface area contributed by atoms with Crippen LogP contribution in [0.15, 0.2) is 71.8 Å². The zero-order valence-electron chi connectivity index (χ0n) is 16.0. The van der Waals surface area contributed by atoms with Crippen LogP contribution in [0.25, 0.3) is 0 Å². The van der Waals surface area contributed by atoms with Crippen molar-refractivity contribution >= 4 is 23.1 Å². The number of fused-ring (bicyclic) bond motifs is 1. The number of rotatable bonds is 4. The van der Waals surface area contributed by atoms with E-state index in [0.29, 0.717) is 5.88 Å². The highest BCUT2D eigenvalue weighted by Gasteiger charge is 2.28. The second kappa shape index (κ2) is 8.06. The van der Waals surface area contributed by atoms with Gasteiger partial charge in [0.2, 0.25) is 5.88 Å². The van der Waals surface area contributed by atoms with E-state index in [1.165, 1.54) is 11.3 Å². The number of nitrogens with two attached hydrogens (primary N) is 1. The third kappa shape index (κ3) is 3.71. The maximum atomic E-state index is 6.36. The van der Waals surface area contributed by atoms with Crippen molar-refractivity contribution in [3.8, 4) is 11.6 Å². The van der Waals surface area contributed by atoms with Crippen LogP contribution in [0.3, 0.4) is 0 Å². The molecule has 2 N–H and O–H groups in total. The third-order valence-electron chi connectivity index (χ3n) is 5.28. The SMILES string of the molecule is NC1Sc2ccccc2N1c1ccc(Oc2ncccc2C2CCCCO2)cc1. The first-order valence-electron chi connectivity index (χ1n) is 9.94. The van der Waals surface area contributed by atoms with E-state index in [-0.39, 0.29) is 11.6 Å². The number of thioether (sulfide) groups is 1. The van der Waals surface area contributed by atoms with Crippen molar-refractivity contribution in [1.29, 1.82) is 0 Å². The zero-order chi connectivity index (χ0) is 19.6. The molecular formula is C23H23N3O2S. The van der Waals surface area contributed by atoms with Gasteiger partial charge in [-0.3, -0.25) is 0 Å². The number of hydrogen-bond donors (Lipinski definition) is 1. The van der Waals surface area contributed by atoms with E-state index < -0.39 is 0 Å². The van der Waals surface area contributed by atoms with E-state index in [0.717, 1.165) is 42.1 Å². The molecule has 1 aromatic heterocycles. The molecule has 1 fully saturated rings. The second-order valence-corrected chi connectivity index (χ2v) is 8.35. The lowest BCUT2D eigenvalue weighted by molar-refractivity contribution is 0.0135. The molecule has 6 heteroatoms. The van der Waals surface area contributed by atoms with Crippen LogP contribution in [-0.4, -0.2) is 17.1 Å². The summed E-state index contributed by atoms with van der Waals surface area (Å²) in [4.78, 5) is 7.80. The zero-order valence-corrected chi connectivity index (χ0v) is 16.8. The normalized spacial score (nSPS) is 21.1. The quantitative estimate of drug-likeness (QED) is 0.609. The van der Waals surface area contributed by atoms with Crippen molar-refractivity contribution in [3.05, 3.63) is 72.4 Å². The number of ether oxygens (including phenoxy) is 2. The Balaban J connectivity index is 1.37. The van der Waals surface area contributed by atoms with Crippen molar-refractivity contribution in [2.45, 2.75) is 35.8 Å². The minimum Gasteiger partial charge on any atom is -0.439 e. The van der Waals surface area contributed by atoms with Gasteiger partial charge in [0.1, 0.15) is 11.2 Å². The largest absolute Gasteiger partial charge is 0.439 e. The number of benzene rings is 2. The third-order valence-corrected chi connectivity index (χ3v) is 6.34. The highest BCUT2D eigenvalue weighted by atomic mass is 32.2. The first kappa shape index (κ1) is 18.5. The Hall–Kier alpha value is -2.54. The van der Waals surface area contributed by atoms with Gasteiger partial charge < -0.3 is 20.1 Å². The van der Waals surface area contributed by atoms with Crippen molar-refractivity contribution in [1.82, 2.24) is 4.98 Å². The summed E-state index contributed by atoms with van der Waals surface area (Å²) >= 11 is 1.67. The molecule has 3 heterocycles. The van der Waals surface area contributed by atoms with Gasteiger partial charge in [-0.05, 0) is 67.8 Å². The van der Waals surface area contributed by atoms with Crippen molar-refractivity contribution < 1.29 is 9.47 Å². The fourth-order valence-electron chi connectivity index (χ4n) is 3.87. The van der Waals surface area contributed by atoms with Crippen LogP contribution in [0.5, 0.6) is 11.6 Å². The Morgan fingerprint density at radius 1 is 1.03 bits per heavy atom. The molecule has 0 aliphatic carbocycles. The maximum absolute atomic E-state index is 6.36. The molecule has 0 radical (unpaired) electrons. The molecule has 0 saturated carbocycles. The lowest BCUT2D eigenvalue weighted by Crippen LogP contribution is -2.31. The Morgan fingerprint density at radius 2 is 1.90 bits per heavy atom.